The van der Waals surface area contributed by atoms with E-state index in [1.54, 1.807) is 12.1 Å². The summed E-state index contributed by atoms with van der Waals surface area (Å²) in [5.74, 6) is 0. The number of fused-ring (bicyclic) bond motifs is 6. The number of rotatable bonds is 2. The topological polar surface area (TPSA) is 119 Å². The summed E-state index contributed by atoms with van der Waals surface area (Å²) < 4.78 is 12.6. The van der Waals surface area contributed by atoms with E-state index in [1.165, 1.54) is 0 Å². The standard InChI is InChI=1S/C18H13NO.C12H9BO3.C6H6BrN/c19-14-8-5-12(6-9-14)13-7-10-16-15-3-1-2-4-17(15)20-18(16)11-13;14-13(15)8-5-6-10-9-3-1-2-4-11(9)16-12(10)7-8;7-5-1-3-6(8)4-2-5/h1-11H,19H2;1-7,14-15H;1-4H,8H2. The molecule has 0 saturated heterocycles. The highest BCUT2D eigenvalue weighted by Gasteiger charge is 2.14. The van der Waals surface area contributed by atoms with Gasteiger partial charge in [-0.15, -0.1) is 0 Å². The molecule has 0 atom stereocenters. The summed E-state index contributed by atoms with van der Waals surface area (Å²) in [6.45, 7) is 0. The summed E-state index contributed by atoms with van der Waals surface area (Å²) in [7, 11) is -1.46. The number of nitrogens with two attached hydrogens (primary N) is 2. The molecule has 0 aliphatic heterocycles. The second kappa shape index (κ2) is 12.7. The molecule has 44 heavy (non-hydrogen) atoms. The van der Waals surface area contributed by atoms with Crippen molar-refractivity contribution in [2.45, 2.75) is 0 Å². The van der Waals surface area contributed by atoms with Crippen molar-refractivity contribution in [3.63, 3.8) is 0 Å². The maximum absolute atomic E-state index is 9.07. The Labute approximate surface area is 262 Å². The summed E-state index contributed by atoms with van der Waals surface area (Å²) >= 11 is 3.29. The molecule has 0 saturated carbocycles. The summed E-state index contributed by atoms with van der Waals surface area (Å²) in [6, 6.07) is 42.8. The van der Waals surface area contributed by atoms with Gasteiger partial charge in [-0.25, -0.2) is 0 Å². The normalized spacial score (nSPS) is 10.8. The fourth-order valence-electron chi connectivity index (χ4n) is 4.95. The van der Waals surface area contributed by atoms with Crippen molar-refractivity contribution < 1.29 is 18.9 Å². The quantitative estimate of drug-likeness (QED) is 0.112. The zero-order chi connectivity index (χ0) is 30.6. The van der Waals surface area contributed by atoms with Gasteiger partial charge >= 0.3 is 7.12 Å². The van der Waals surface area contributed by atoms with Gasteiger partial charge in [0, 0.05) is 37.4 Å². The van der Waals surface area contributed by atoms with E-state index in [0.29, 0.717) is 11.0 Å². The van der Waals surface area contributed by atoms with Gasteiger partial charge < -0.3 is 30.3 Å². The Kier molecular flexibility index (Phi) is 8.39. The van der Waals surface area contributed by atoms with E-state index in [2.05, 4.69) is 40.2 Å². The van der Waals surface area contributed by atoms with E-state index < -0.39 is 7.12 Å². The molecule has 0 radical (unpaired) electrons. The number of benzene rings is 6. The van der Waals surface area contributed by atoms with Gasteiger partial charge in [-0.05, 0) is 83.3 Å². The van der Waals surface area contributed by atoms with Crippen LogP contribution in [0.15, 0.2) is 147 Å². The largest absolute Gasteiger partial charge is 0.488 e. The lowest BCUT2D eigenvalue weighted by Crippen LogP contribution is -2.29. The predicted molar refractivity (Wildman–Crippen MR) is 186 cm³/mol. The summed E-state index contributed by atoms with van der Waals surface area (Å²) in [4.78, 5) is 0. The minimum absolute atomic E-state index is 0.437. The third kappa shape index (κ3) is 6.33. The number of furan rings is 2. The van der Waals surface area contributed by atoms with Crippen LogP contribution in [0.2, 0.25) is 0 Å². The second-order valence-corrected chi connectivity index (χ2v) is 11.1. The lowest BCUT2D eigenvalue weighted by molar-refractivity contribution is 0.425. The summed E-state index contributed by atoms with van der Waals surface area (Å²) in [6.07, 6.45) is 0. The molecule has 0 spiro atoms. The number of hydrogen-bond donors (Lipinski definition) is 4. The Bertz CT molecular complexity index is 2170. The number of halogens is 1. The van der Waals surface area contributed by atoms with E-state index in [-0.39, 0.29) is 0 Å². The monoisotopic (exact) mass is 642 g/mol. The van der Waals surface area contributed by atoms with E-state index in [9.17, 15) is 0 Å². The smallest absolute Gasteiger partial charge is 0.456 e. The molecule has 6 aromatic carbocycles. The highest BCUT2D eigenvalue weighted by Crippen LogP contribution is 2.32. The first-order valence-electron chi connectivity index (χ1n) is 13.9. The van der Waals surface area contributed by atoms with Crippen molar-refractivity contribution in [2.24, 2.45) is 0 Å². The van der Waals surface area contributed by atoms with E-state index >= 15 is 0 Å². The van der Waals surface area contributed by atoms with Crippen molar-refractivity contribution in [3.05, 3.63) is 138 Å². The molecule has 0 aliphatic carbocycles. The van der Waals surface area contributed by atoms with Crippen LogP contribution in [0.1, 0.15) is 0 Å². The SMILES string of the molecule is Nc1ccc(-c2ccc3c(c2)oc2ccccc23)cc1.Nc1ccc(Br)cc1.OB(O)c1ccc2c(c1)oc1ccccc12. The van der Waals surface area contributed by atoms with E-state index in [0.717, 1.165) is 65.3 Å². The summed E-state index contributed by atoms with van der Waals surface area (Å²) in [5, 5.41) is 22.5. The van der Waals surface area contributed by atoms with Crippen LogP contribution in [0.25, 0.3) is 55.0 Å². The number of nitrogen functional groups attached to an aromatic ring is 2. The fraction of sp³-hybridized carbons (Fsp3) is 0. The van der Waals surface area contributed by atoms with Crippen LogP contribution in [0.3, 0.4) is 0 Å². The molecular formula is C36H28BBrN2O4. The highest BCUT2D eigenvalue weighted by molar-refractivity contribution is 9.10. The minimum Gasteiger partial charge on any atom is -0.456 e. The molecule has 6 nitrogen and oxygen atoms in total. The molecule has 8 aromatic rings. The van der Waals surface area contributed by atoms with Crippen molar-refractivity contribution in [2.75, 3.05) is 11.5 Å². The van der Waals surface area contributed by atoms with Crippen molar-refractivity contribution in [3.8, 4) is 11.1 Å². The van der Waals surface area contributed by atoms with Gasteiger partial charge in [-0.3, -0.25) is 0 Å². The second-order valence-electron chi connectivity index (χ2n) is 10.2. The van der Waals surface area contributed by atoms with Gasteiger partial charge in [-0.2, -0.15) is 0 Å². The fourth-order valence-corrected chi connectivity index (χ4v) is 5.21. The van der Waals surface area contributed by atoms with Crippen LogP contribution >= 0.6 is 15.9 Å². The lowest BCUT2D eigenvalue weighted by Gasteiger charge is -2.02. The first-order valence-corrected chi connectivity index (χ1v) is 14.7. The van der Waals surface area contributed by atoms with Crippen LogP contribution in [-0.2, 0) is 0 Å². The van der Waals surface area contributed by atoms with E-state index in [4.69, 9.17) is 30.3 Å². The zero-order valence-corrected chi connectivity index (χ0v) is 25.1. The van der Waals surface area contributed by atoms with Crippen LogP contribution in [0.4, 0.5) is 11.4 Å². The molecule has 8 heteroatoms. The maximum Gasteiger partial charge on any atom is 0.488 e. The van der Waals surface area contributed by atoms with Gasteiger partial charge in [0.2, 0.25) is 0 Å². The molecule has 2 aromatic heterocycles. The van der Waals surface area contributed by atoms with Crippen LogP contribution in [-0.4, -0.2) is 17.2 Å². The maximum atomic E-state index is 9.07. The third-order valence-electron chi connectivity index (χ3n) is 7.19. The van der Waals surface area contributed by atoms with Crippen molar-refractivity contribution >= 4 is 83.8 Å². The number of hydrogen-bond acceptors (Lipinski definition) is 6. The molecular weight excluding hydrogens is 615 g/mol. The average molecular weight is 643 g/mol. The number of para-hydroxylation sites is 2. The Hall–Kier alpha value is -5.02. The van der Waals surface area contributed by atoms with Gasteiger partial charge in [0.25, 0.3) is 0 Å². The van der Waals surface area contributed by atoms with Gasteiger partial charge in [0.1, 0.15) is 22.3 Å². The van der Waals surface area contributed by atoms with Crippen LogP contribution in [0.5, 0.6) is 0 Å². The average Bonchev–Trinajstić information content (AvgIpc) is 3.61. The molecule has 216 valence electrons. The third-order valence-corrected chi connectivity index (χ3v) is 7.72. The Morgan fingerprint density at radius 2 is 0.932 bits per heavy atom. The first-order chi connectivity index (χ1) is 21.4. The van der Waals surface area contributed by atoms with E-state index in [1.807, 2.05) is 97.1 Å². The molecule has 0 bridgehead atoms. The highest BCUT2D eigenvalue weighted by atomic mass is 79.9. The van der Waals surface area contributed by atoms with Crippen LogP contribution in [0, 0.1) is 0 Å². The lowest BCUT2D eigenvalue weighted by atomic mass is 9.80. The van der Waals surface area contributed by atoms with Crippen LogP contribution < -0.4 is 16.9 Å². The molecule has 0 amide bonds. The Morgan fingerprint density at radius 3 is 1.48 bits per heavy atom. The Balaban J connectivity index is 0.000000128. The minimum atomic E-state index is -1.46. The van der Waals surface area contributed by atoms with Crippen molar-refractivity contribution in [1.82, 2.24) is 0 Å². The molecule has 2 heterocycles. The van der Waals surface area contributed by atoms with Gasteiger partial charge in [0.05, 0.1) is 0 Å². The number of anilines is 2. The Morgan fingerprint density at radius 1 is 0.477 bits per heavy atom. The molecule has 8 rings (SSSR count). The van der Waals surface area contributed by atoms with Crippen molar-refractivity contribution in [1.29, 1.82) is 0 Å². The van der Waals surface area contributed by atoms with Gasteiger partial charge in [0.15, 0.2) is 0 Å². The zero-order valence-electron chi connectivity index (χ0n) is 23.5. The van der Waals surface area contributed by atoms with Gasteiger partial charge in [-0.1, -0.05) is 82.7 Å². The molecule has 6 N–H and O–H groups in total. The molecule has 0 fully saturated rings. The molecule has 0 aliphatic rings. The summed E-state index contributed by atoms with van der Waals surface area (Å²) in [5.41, 5.74) is 18.7. The molecule has 0 unspecified atom stereocenters. The predicted octanol–water partition coefficient (Wildman–Crippen LogP) is 8.13. The first kappa shape index (κ1) is 29.1.